The van der Waals surface area contributed by atoms with Crippen LogP contribution in [0.15, 0.2) is 71.1 Å². The van der Waals surface area contributed by atoms with Crippen molar-refractivity contribution in [2.24, 2.45) is 5.10 Å². The number of carbonyl (C=O) groups excluding carboxylic acids is 1. The van der Waals surface area contributed by atoms with Crippen LogP contribution in [0.25, 0.3) is 16.8 Å². The highest BCUT2D eigenvalue weighted by Gasteiger charge is 2.24. The second kappa shape index (κ2) is 7.29. The fraction of sp³-hybridized carbons (Fsp3) is 0.0455. The van der Waals surface area contributed by atoms with Crippen molar-refractivity contribution < 1.29 is 9.72 Å². The van der Waals surface area contributed by atoms with Gasteiger partial charge in [-0.2, -0.15) is 9.78 Å². The van der Waals surface area contributed by atoms with E-state index in [-0.39, 0.29) is 11.5 Å². The van der Waals surface area contributed by atoms with Crippen LogP contribution in [0, 0.1) is 17.0 Å². The minimum Gasteiger partial charge on any atom is -0.286 e. The Morgan fingerprint density at radius 2 is 1.84 bits per heavy atom. The molecule has 152 valence electrons. The van der Waals surface area contributed by atoms with Gasteiger partial charge in [0.1, 0.15) is 5.69 Å². The van der Waals surface area contributed by atoms with E-state index in [0.717, 1.165) is 11.0 Å². The molecular weight excluding hydrogens is 414 g/mol. The van der Waals surface area contributed by atoms with Gasteiger partial charge in [-0.15, -0.1) is 11.3 Å². The number of benzene rings is 2. The number of rotatable bonds is 5. The minimum atomic E-state index is -0.441. The highest BCUT2D eigenvalue weighted by molar-refractivity contribution is 7.12. The van der Waals surface area contributed by atoms with Crippen LogP contribution < -0.4 is 0 Å². The topological polar surface area (TPSA) is 94.8 Å². The second-order valence-electron chi connectivity index (χ2n) is 6.88. The van der Waals surface area contributed by atoms with E-state index in [2.05, 4.69) is 10.1 Å². The molecule has 0 saturated carbocycles. The molecule has 0 fully saturated rings. The van der Waals surface area contributed by atoms with E-state index in [1.807, 2.05) is 47.0 Å². The van der Waals surface area contributed by atoms with Gasteiger partial charge in [0.05, 0.1) is 32.7 Å². The normalized spacial score (nSPS) is 11.6. The summed E-state index contributed by atoms with van der Waals surface area (Å²) in [5.74, 6) is 0.444. The molecule has 0 bridgehead atoms. The number of nitrogens with zero attached hydrogens (tertiary/aromatic N) is 5. The summed E-state index contributed by atoms with van der Waals surface area (Å²) in [7, 11) is 0. The summed E-state index contributed by atoms with van der Waals surface area (Å²) in [6.45, 7) is 1.81. The molecule has 0 N–H and O–H groups in total. The Hall–Kier alpha value is -4.11. The van der Waals surface area contributed by atoms with Crippen LogP contribution in [0.4, 0.5) is 5.69 Å². The second-order valence-corrected chi connectivity index (χ2v) is 7.83. The molecule has 2 aromatic carbocycles. The number of aryl methyl sites for hydroxylation is 1. The number of fused-ring (bicyclic) bond motifs is 3. The van der Waals surface area contributed by atoms with Crippen molar-refractivity contribution in [3.05, 3.63) is 98.0 Å². The van der Waals surface area contributed by atoms with Crippen LogP contribution in [-0.4, -0.2) is 31.0 Å². The lowest BCUT2D eigenvalue weighted by atomic mass is 10.2. The van der Waals surface area contributed by atoms with Gasteiger partial charge in [-0.1, -0.05) is 18.2 Å². The molecule has 0 aliphatic rings. The first-order valence-electron chi connectivity index (χ1n) is 9.40. The minimum absolute atomic E-state index is 0.0200. The van der Waals surface area contributed by atoms with E-state index >= 15 is 0 Å². The zero-order valence-corrected chi connectivity index (χ0v) is 17.1. The standard InChI is InChI=1S/C22H15N5O3S/c1-14-20(21(28)19-7-4-12-31-19)25-17-5-2-3-6-18(17)26(22(25)24-14)23-13-15-8-10-16(11-9-15)27(29)30/h2-13H,1H3/b23-13+. The van der Waals surface area contributed by atoms with Crippen LogP contribution in [0.5, 0.6) is 0 Å². The third-order valence-electron chi connectivity index (χ3n) is 4.96. The van der Waals surface area contributed by atoms with Crippen LogP contribution >= 0.6 is 11.3 Å². The maximum Gasteiger partial charge on any atom is 0.269 e. The first-order valence-corrected chi connectivity index (χ1v) is 10.3. The lowest BCUT2D eigenvalue weighted by Crippen LogP contribution is -2.04. The number of non-ortho nitro benzene ring substituents is 1. The van der Waals surface area contributed by atoms with Gasteiger partial charge in [0.25, 0.3) is 5.69 Å². The Kier molecular flexibility index (Phi) is 4.45. The van der Waals surface area contributed by atoms with Gasteiger partial charge in [-0.3, -0.25) is 19.3 Å². The van der Waals surface area contributed by atoms with E-state index in [0.29, 0.717) is 27.6 Å². The maximum absolute atomic E-state index is 13.2. The molecule has 5 rings (SSSR count). The number of hydrogen-bond acceptors (Lipinski definition) is 6. The van der Waals surface area contributed by atoms with Gasteiger partial charge in [0, 0.05) is 12.1 Å². The number of hydrogen-bond donors (Lipinski definition) is 0. The zero-order valence-electron chi connectivity index (χ0n) is 16.3. The Bertz CT molecular complexity index is 1480. The molecule has 0 saturated heterocycles. The molecule has 31 heavy (non-hydrogen) atoms. The van der Waals surface area contributed by atoms with Crippen molar-refractivity contribution in [3.63, 3.8) is 0 Å². The highest BCUT2D eigenvalue weighted by Crippen LogP contribution is 2.27. The summed E-state index contributed by atoms with van der Waals surface area (Å²) >= 11 is 1.39. The van der Waals surface area contributed by atoms with E-state index in [4.69, 9.17) is 0 Å². The van der Waals surface area contributed by atoms with E-state index in [1.165, 1.54) is 23.5 Å². The van der Waals surface area contributed by atoms with Gasteiger partial charge in [0.15, 0.2) is 0 Å². The first-order chi connectivity index (χ1) is 15.0. The highest BCUT2D eigenvalue weighted by atomic mass is 32.1. The van der Waals surface area contributed by atoms with Gasteiger partial charge >= 0.3 is 0 Å². The van der Waals surface area contributed by atoms with Crippen molar-refractivity contribution in [1.82, 2.24) is 14.1 Å². The molecule has 0 radical (unpaired) electrons. The summed E-state index contributed by atoms with van der Waals surface area (Å²) in [6.07, 6.45) is 1.61. The van der Waals surface area contributed by atoms with Gasteiger partial charge < -0.3 is 0 Å². The average molecular weight is 429 g/mol. The van der Waals surface area contributed by atoms with Crippen molar-refractivity contribution in [3.8, 4) is 0 Å². The largest absolute Gasteiger partial charge is 0.286 e. The molecule has 0 amide bonds. The fourth-order valence-electron chi connectivity index (χ4n) is 3.54. The summed E-state index contributed by atoms with van der Waals surface area (Å²) < 4.78 is 3.51. The molecule has 0 spiro atoms. The van der Waals surface area contributed by atoms with Crippen LogP contribution in [-0.2, 0) is 0 Å². The monoisotopic (exact) mass is 429 g/mol. The third-order valence-corrected chi connectivity index (χ3v) is 5.83. The maximum atomic E-state index is 13.2. The molecule has 8 nitrogen and oxygen atoms in total. The summed E-state index contributed by atoms with van der Waals surface area (Å²) in [5.41, 5.74) is 3.48. The lowest BCUT2D eigenvalue weighted by Gasteiger charge is -2.00. The zero-order chi connectivity index (χ0) is 21.5. The van der Waals surface area contributed by atoms with Crippen molar-refractivity contribution in [1.29, 1.82) is 0 Å². The molecule has 3 aromatic heterocycles. The Balaban J connectivity index is 1.67. The van der Waals surface area contributed by atoms with Crippen LogP contribution in [0.3, 0.4) is 0 Å². The number of nitro benzene ring substituents is 1. The molecule has 9 heteroatoms. The molecule has 0 aliphatic heterocycles. The Morgan fingerprint density at radius 1 is 1.10 bits per heavy atom. The SMILES string of the molecule is Cc1nc2n(/N=C/c3ccc([N+](=O)[O-])cc3)c3ccccc3n2c1C(=O)c1cccs1. The average Bonchev–Trinajstić information content (AvgIpc) is 3.48. The Morgan fingerprint density at radius 3 is 2.52 bits per heavy atom. The van der Waals surface area contributed by atoms with Crippen molar-refractivity contribution in [2.75, 3.05) is 0 Å². The summed E-state index contributed by atoms with van der Waals surface area (Å²) in [4.78, 5) is 28.9. The van der Waals surface area contributed by atoms with Crippen molar-refractivity contribution in [2.45, 2.75) is 6.92 Å². The molecule has 5 aromatic rings. The predicted molar refractivity (Wildman–Crippen MR) is 119 cm³/mol. The van der Waals surface area contributed by atoms with Crippen LogP contribution in [0.1, 0.15) is 26.6 Å². The molecular formula is C22H15N5O3S. The molecule has 3 heterocycles. The third kappa shape index (κ3) is 3.11. The first kappa shape index (κ1) is 18.9. The van der Waals surface area contributed by atoms with Gasteiger partial charge in [-0.05, 0) is 48.2 Å². The quantitative estimate of drug-likeness (QED) is 0.175. The Labute approximate surface area is 179 Å². The lowest BCUT2D eigenvalue weighted by molar-refractivity contribution is -0.384. The van der Waals surface area contributed by atoms with Crippen LogP contribution in [0.2, 0.25) is 0 Å². The molecule has 0 atom stereocenters. The number of imidazole rings is 2. The smallest absolute Gasteiger partial charge is 0.269 e. The van der Waals surface area contributed by atoms with Crippen molar-refractivity contribution >= 4 is 45.8 Å². The number of aromatic nitrogens is 3. The van der Waals surface area contributed by atoms with E-state index in [9.17, 15) is 14.9 Å². The number of nitro groups is 1. The number of para-hydroxylation sites is 2. The van der Waals surface area contributed by atoms with Gasteiger partial charge in [-0.25, -0.2) is 4.98 Å². The number of thiophene rings is 1. The van der Waals surface area contributed by atoms with E-state index in [1.54, 1.807) is 29.1 Å². The summed E-state index contributed by atoms with van der Waals surface area (Å²) in [5, 5.41) is 17.3. The summed E-state index contributed by atoms with van der Waals surface area (Å²) in [6, 6.07) is 17.4. The predicted octanol–water partition coefficient (Wildman–Crippen LogP) is 4.68. The number of carbonyl (C=O) groups is 1. The van der Waals surface area contributed by atoms with E-state index < -0.39 is 4.92 Å². The molecule has 0 unspecified atom stereocenters. The number of ketones is 1. The fourth-order valence-corrected chi connectivity index (χ4v) is 4.20. The molecule has 0 aliphatic carbocycles. The van der Waals surface area contributed by atoms with Gasteiger partial charge in [0.2, 0.25) is 11.6 Å².